The Balaban J connectivity index is 2.00. The van der Waals surface area contributed by atoms with Gasteiger partial charge in [0, 0.05) is 11.8 Å². The molecule has 0 spiro atoms. The number of H-pyrrole nitrogens is 1. The monoisotopic (exact) mass is 247 g/mol. The standard InChI is InChI=1S/C13H17N3O2/c1-3-5-9(2)10-8-12(16-15-10)14-13(17)11-6-4-7-18-11/h4,6-9H,3,5H2,1-2H3,(H2,14,15,16,17)/t9-/m1/s1. The summed E-state index contributed by atoms with van der Waals surface area (Å²) in [5.74, 6) is 0.925. The predicted octanol–water partition coefficient (Wildman–Crippen LogP) is 3.16. The van der Waals surface area contributed by atoms with E-state index in [9.17, 15) is 4.79 Å². The third kappa shape index (κ3) is 2.80. The van der Waals surface area contributed by atoms with Gasteiger partial charge in [-0.05, 0) is 24.5 Å². The molecule has 0 saturated carbocycles. The van der Waals surface area contributed by atoms with Gasteiger partial charge in [0.15, 0.2) is 11.6 Å². The molecule has 2 rings (SSSR count). The number of hydrogen-bond donors (Lipinski definition) is 2. The molecule has 0 saturated heterocycles. The van der Waals surface area contributed by atoms with Crippen LogP contribution in [0.4, 0.5) is 5.82 Å². The Morgan fingerprint density at radius 1 is 1.61 bits per heavy atom. The number of rotatable bonds is 5. The fourth-order valence-electron chi connectivity index (χ4n) is 1.83. The Morgan fingerprint density at radius 3 is 3.11 bits per heavy atom. The quantitative estimate of drug-likeness (QED) is 0.852. The maximum Gasteiger partial charge on any atom is 0.292 e. The van der Waals surface area contributed by atoms with Gasteiger partial charge in [0.1, 0.15) is 0 Å². The highest BCUT2D eigenvalue weighted by atomic mass is 16.3. The number of anilines is 1. The van der Waals surface area contributed by atoms with E-state index in [1.807, 2.05) is 6.07 Å². The first-order chi connectivity index (χ1) is 8.70. The number of carbonyl (C=O) groups excluding carboxylic acids is 1. The zero-order valence-electron chi connectivity index (χ0n) is 10.6. The molecular weight excluding hydrogens is 230 g/mol. The molecule has 5 nitrogen and oxygen atoms in total. The molecule has 2 aromatic heterocycles. The summed E-state index contributed by atoms with van der Waals surface area (Å²) in [4.78, 5) is 11.7. The van der Waals surface area contributed by atoms with Crippen molar-refractivity contribution in [3.63, 3.8) is 0 Å². The van der Waals surface area contributed by atoms with E-state index in [4.69, 9.17) is 4.42 Å². The summed E-state index contributed by atoms with van der Waals surface area (Å²) < 4.78 is 5.01. The lowest BCUT2D eigenvalue weighted by Crippen LogP contribution is -2.10. The molecule has 0 aliphatic rings. The Labute approximate surface area is 106 Å². The van der Waals surface area contributed by atoms with E-state index >= 15 is 0 Å². The van der Waals surface area contributed by atoms with E-state index in [1.54, 1.807) is 12.1 Å². The van der Waals surface area contributed by atoms with Crippen LogP contribution < -0.4 is 5.32 Å². The second-order valence-corrected chi connectivity index (χ2v) is 4.33. The highest BCUT2D eigenvalue weighted by Crippen LogP contribution is 2.20. The minimum absolute atomic E-state index is 0.279. The molecule has 0 unspecified atom stereocenters. The summed E-state index contributed by atoms with van der Waals surface area (Å²) in [6.07, 6.45) is 3.68. The fraction of sp³-hybridized carbons (Fsp3) is 0.385. The highest BCUT2D eigenvalue weighted by molar-refractivity contribution is 6.01. The zero-order valence-corrected chi connectivity index (χ0v) is 10.6. The van der Waals surface area contributed by atoms with E-state index in [2.05, 4.69) is 29.4 Å². The number of furan rings is 1. The van der Waals surface area contributed by atoms with Crippen molar-refractivity contribution < 1.29 is 9.21 Å². The average Bonchev–Trinajstić information content (AvgIpc) is 2.99. The molecule has 2 N–H and O–H groups in total. The molecular formula is C13H17N3O2. The number of carbonyl (C=O) groups is 1. The van der Waals surface area contributed by atoms with Crippen LogP contribution in [0.2, 0.25) is 0 Å². The Kier molecular flexibility index (Phi) is 3.82. The van der Waals surface area contributed by atoms with Gasteiger partial charge in [0.25, 0.3) is 5.91 Å². The zero-order chi connectivity index (χ0) is 13.0. The van der Waals surface area contributed by atoms with E-state index in [0.29, 0.717) is 11.7 Å². The largest absolute Gasteiger partial charge is 0.459 e. The number of nitrogens with one attached hydrogen (secondary N) is 2. The van der Waals surface area contributed by atoms with Crippen LogP contribution in [0, 0.1) is 0 Å². The molecule has 1 amide bonds. The first kappa shape index (κ1) is 12.4. The molecule has 0 radical (unpaired) electrons. The summed E-state index contributed by atoms with van der Waals surface area (Å²) in [6.45, 7) is 4.28. The summed E-state index contributed by atoms with van der Waals surface area (Å²) in [7, 11) is 0. The van der Waals surface area contributed by atoms with Gasteiger partial charge in [-0.25, -0.2) is 0 Å². The van der Waals surface area contributed by atoms with Gasteiger partial charge in [-0.2, -0.15) is 5.10 Å². The van der Waals surface area contributed by atoms with Crippen molar-refractivity contribution in [3.8, 4) is 0 Å². The van der Waals surface area contributed by atoms with Gasteiger partial charge >= 0.3 is 0 Å². The average molecular weight is 247 g/mol. The fourth-order valence-corrected chi connectivity index (χ4v) is 1.83. The van der Waals surface area contributed by atoms with Crippen molar-refractivity contribution in [2.45, 2.75) is 32.6 Å². The second-order valence-electron chi connectivity index (χ2n) is 4.33. The Bertz CT molecular complexity index is 502. The molecule has 0 aliphatic carbocycles. The molecule has 2 aromatic rings. The number of aromatic amines is 1. The highest BCUT2D eigenvalue weighted by Gasteiger charge is 2.12. The number of hydrogen-bond acceptors (Lipinski definition) is 3. The number of nitrogens with zero attached hydrogens (tertiary/aromatic N) is 1. The molecule has 5 heteroatoms. The summed E-state index contributed by atoms with van der Waals surface area (Å²) in [6, 6.07) is 5.15. The van der Waals surface area contributed by atoms with Gasteiger partial charge in [0.2, 0.25) is 0 Å². The van der Waals surface area contributed by atoms with Gasteiger partial charge in [-0.3, -0.25) is 9.89 Å². The maximum atomic E-state index is 11.7. The van der Waals surface area contributed by atoms with Gasteiger partial charge < -0.3 is 9.73 Å². The van der Waals surface area contributed by atoms with Crippen molar-refractivity contribution in [3.05, 3.63) is 35.9 Å². The van der Waals surface area contributed by atoms with Crippen molar-refractivity contribution >= 4 is 11.7 Å². The van der Waals surface area contributed by atoms with Crippen molar-refractivity contribution in [1.82, 2.24) is 10.2 Å². The summed E-state index contributed by atoms with van der Waals surface area (Å²) in [5.41, 5.74) is 1.03. The van der Waals surface area contributed by atoms with Gasteiger partial charge in [-0.15, -0.1) is 0 Å². The SMILES string of the molecule is CCC[C@@H](C)c1cc(NC(=O)c2ccco2)n[nH]1. The molecule has 96 valence electrons. The lowest BCUT2D eigenvalue weighted by atomic mass is 10.0. The molecule has 18 heavy (non-hydrogen) atoms. The molecule has 0 fully saturated rings. The maximum absolute atomic E-state index is 11.7. The third-order valence-corrected chi connectivity index (χ3v) is 2.84. The lowest BCUT2D eigenvalue weighted by Gasteiger charge is -2.05. The van der Waals surface area contributed by atoms with E-state index in [-0.39, 0.29) is 11.7 Å². The Hall–Kier alpha value is -2.04. The van der Waals surface area contributed by atoms with Crippen molar-refractivity contribution in [2.75, 3.05) is 5.32 Å². The van der Waals surface area contributed by atoms with Crippen LogP contribution in [0.1, 0.15) is 48.9 Å². The molecule has 0 aliphatic heterocycles. The lowest BCUT2D eigenvalue weighted by molar-refractivity contribution is 0.0996. The first-order valence-electron chi connectivity index (χ1n) is 6.11. The summed E-state index contributed by atoms with van der Waals surface area (Å²) in [5, 5.41) is 9.70. The number of aromatic nitrogens is 2. The van der Waals surface area contributed by atoms with Crippen LogP contribution in [0.5, 0.6) is 0 Å². The van der Waals surface area contributed by atoms with E-state index in [0.717, 1.165) is 18.5 Å². The normalized spacial score (nSPS) is 12.3. The molecule has 0 bridgehead atoms. The van der Waals surface area contributed by atoms with Crippen molar-refractivity contribution in [2.24, 2.45) is 0 Å². The van der Waals surface area contributed by atoms with Gasteiger partial charge in [-0.1, -0.05) is 20.3 Å². The molecule has 1 atom stereocenters. The summed E-state index contributed by atoms with van der Waals surface area (Å²) >= 11 is 0. The van der Waals surface area contributed by atoms with E-state index in [1.165, 1.54) is 6.26 Å². The van der Waals surface area contributed by atoms with Gasteiger partial charge in [0.05, 0.1) is 6.26 Å². The topological polar surface area (TPSA) is 70.9 Å². The molecule has 0 aromatic carbocycles. The van der Waals surface area contributed by atoms with E-state index < -0.39 is 0 Å². The van der Waals surface area contributed by atoms with Crippen LogP contribution in [-0.2, 0) is 0 Å². The predicted molar refractivity (Wildman–Crippen MR) is 68.6 cm³/mol. The minimum Gasteiger partial charge on any atom is -0.459 e. The molecule has 2 heterocycles. The smallest absolute Gasteiger partial charge is 0.292 e. The third-order valence-electron chi connectivity index (χ3n) is 2.84. The first-order valence-corrected chi connectivity index (χ1v) is 6.11. The van der Waals surface area contributed by atoms with Crippen LogP contribution in [0.25, 0.3) is 0 Å². The Morgan fingerprint density at radius 2 is 2.44 bits per heavy atom. The van der Waals surface area contributed by atoms with Crippen LogP contribution in [0.15, 0.2) is 28.9 Å². The van der Waals surface area contributed by atoms with Crippen LogP contribution in [0.3, 0.4) is 0 Å². The van der Waals surface area contributed by atoms with Crippen LogP contribution in [-0.4, -0.2) is 16.1 Å². The number of amides is 1. The minimum atomic E-state index is -0.291. The second kappa shape index (κ2) is 5.53. The van der Waals surface area contributed by atoms with Crippen LogP contribution >= 0.6 is 0 Å². The van der Waals surface area contributed by atoms with Crippen molar-refractivity contribution in [1.29, 1.82) is 0 Å².